The first-order valence-electron chi connectivity index (χ1n) is 4.89. The van der Waals surface area contributed by atoms with Crippen molar-refractivity contribution < 1.29 is 9.47 Å². The molecular formula is C10H16O2. The van der Waals surface area contributed by atoms with E-state index in [2.05, 4.69) is 6.42 Å². The van der Waals surface area contributed by atoms with Gasteiger partial charge in [0.25, 0.3) is 0 Å². The first-order chi connectivity index (χ1) is 5.97. The molecule has 0 saturated carbocycles. The molecule has 2 heteroatoms. The summed E-state index contributed by atoms with van der Waals surface area (Å²) < 4.78 is 11.0. The molecule has 0 bridgehead atoms. The summed E-state index contributed by atoms with van der Waals surface area (Å²) in [5.41, 5.74) is 0. The van der Waals surface area contributed by atoms with Crippen LogP contribution in [0.25, 0.3) is 0 Å². The lowest BCUT2D eigenvalue weighted by atomic mass is 9.89. The van der Waals surface area contributed by atoms with Gasteiger partial charge >= 0.3 is 0 Å². The van der Waals surface area contributed by atoms with Crippen molar-refractivity contribution in [3.05, 3.63) is 6.42 Å². The average molecular weight is 168 g/mol. The molecular weight excluding hydrogens is 152 g/mol. The number of rotatable bonds is 1. The summed E-state index contributed by atoms with van der Waals surface area (Å²) in [5.74, 6) is 0.680. The second-order valence-corrected chi connectivity index (χ2v) is 3.55. The van der Waals surface area contributed by atoms with Gasteiger partial charge in [0.2, 0.25) is 0 Å². The predicted molar refractivity (Wildman–Crippen MR) is 45.8 cm³/mol. The normalized spacial score (nSPS) is 33.5. The van der Waals surface area contributed by atoms with Crippen LogP contribution in [0.1, 0.15) is 25.7 Å². The van der Waals surface area contributed by atoms with Crippen LogP contribution in [0.3, 0.4) is 0 Å². The quantitative estimate of drug-likeness (QED) is 0.593. The van der Waals surface area contributed by atoms with Crippen LogP contribution >= 0.6 is 0 Å². The number of hydrogen-bond donors (Lipinski definition) is 0. The molecule has 1 atom stereocenters. The molecule has 0 aromatic carbocycles. The molecule has 1 unspecified atom stereocenters. The predicted octanol–water partition coefficient (Wildman–Crippen LogP) is 1.67. The van der Waals surface area contributed by atoms with E-state index in [-0.39, 0.29) is 0 Å². The Kier molecular flexibility index (Phi) is 3.01. The van der Waals surface area contributed by atoms with Gasteiger partial charge in [-0.15, -0.1) is 0 Å². The van der Waals surface area contributed by atoms with E-state index in [9.17, 15) is 0 Å². The Bertz CT molecular complexity index is 108. The molecule has 2 radical (unpaired) electrons. The number of hydrogen-bond acceptors (Lipinski definition) is 2. The summed E-state index contributed by atoms with van der Waals surface area (Å²) in [5, 5.41) is 0. The molecule has 0 aromatic heterocycles. The minimum atomic E-state index is 0.308. The zero-order valence-corrected chi connectivity index (χ0v) is 7.42. The third-order valence-corrected chi connectivity index (χ3v) is 2.66. The van der Waals surface area contributed by atoms with Gasteiger partial charge in [0.15, 0.2) is 0 Å². The summed E-state index contributed by atoms with van der Waals surface area (Å²) in [6.07, 6.45) is 8.29. The Balaban J connectivity index is 1.80. The molecule has 2 saturated heterocycles. The average Bonchev–Trinajstić information content (AvgIpc) is 2.21. The van der Waals surface area contributed by atoms with Gasteiger partial charge < -0.3 is 9.47 Å². The van der Waals surface area contributed by atoms with E-state index in [1.165, 1.54) is 0 Å². The van der Waals surface area contributed by atoms with Crippen LogP contribution in [-0.2, 0) is 9.47 Å². The Morgan fingerprint density at radius 2 is 1.92 bits per heavy atom. The van der Waals surface area contributed by atoms with Gasteiger partial charge in [-0.2, -0.15) is 0 Å². The summed E-state index contributed by atoms with van der Waals surface area (Å²) in [6, 6.07) is 0. The fourth-order valence-electron chi connectivity index (χ4n) is 1.91. The Hall–Kier alpha value is -0.0800. The first-order valence-corrected chi connectivity index (χ1v) is 4.89. The van der Waals surface area contributed by atoms with E-state index in [1.807, 2.05) is 0 Å². The van der Waals surface area contributed by atoms with E-state index >= 15 is 0 Å². The molecule has 2 fully saturated rings. The second kappa shape index (κ2) is 4.24. The molecule has 2 aliphatic heterocycles. The highest BCUT2D eigenvalue weighted by Gasteiger charge is 2.26. The van der Waals surface area contributed by atoms with E-state index < -0.39 is 0 Å². The van der Waals surface area contributed by atoms with Gasteiger partial charge in [0.05, 0.1) is 6.10 Å². The highest BCUT2D eigenvalue weighted by Crippen LogP contribution is 2.26. The first kappa shape index (κ1) is 8.52. The SMILES string of the molecule is [C]1CCCOC1C1CCOCC1. The Morgan fingerprint density at radius 3 is 2.58 bits per heavy atom. The van der Waals surface area contributed by atoms with Crippen LogP contribution < -0.4 is 0 Å². The molecule has 12 heavy (non-hydrogen) atoms. The van der Waals surface area contributed by atoms with Gasteiger partial charge in [0.1, 0.15) is 0 Å². The maximum absolute atomic E-state index is 5.65. The van der Waals surface area contributed by atoms with Crippen LogP contribution in [-0.4, -0.2) is 25.9 Å². The molecule has 0 aromatic rings. The van der Waals surface area contributed by atoms with E-state index in [1.54, 1.807) is 0 Å². The molecule has 68 valence electrons. The molecule has 2 rings (SSSR count). The van der Waals surface area contributed by atoms with E-state index in [0.29, 0.717) is 12.0 Å². The van der Waals surface area contributed by atoms with Crippen molar-refractivity contribution >= 4 is 0 Å². The van der Waals surface area contributed by atoms with Crippen molar-refractivity contribution in [3.8, 4) is 0 Å². The van der Waals surface area contributed by atoms with Crippen molar-refractivity contribution in [2.24, 2.45) is 5.92 Å². The van der Waals surface area contributed by atoms with Gasteiger partial charge in [-0.25, -0.2) is 0 Å². The van der Waals surface area contributed by atoms with Crippen molar-refractivity contribution in [2.45, 2.75) is 31.8 Å². The second-order valence-electron chi connectivity index (χ2n) is 3.55. The van der Waals surface area contributed by atoms with Crippen molar-refractivity contribution in [2.75, 3.05) is 19.8 Å². The Morgan fingerprint density at radius 1 is 1.08 bits per heavy atom. The zero-order chi connectivity index (χ0) is 8.23. The van der Waals surface area contributed by atoms with Gasteiger partial charge in [0, 0.05) is 26.2 Å². The lowest BCUT2D eigenvalue weighted by Gasteiger charge is -2.32. The van der Waals surface area contributed by atoms with Crippen molar-refractivity contribution in [1.29, 1.82) is 0 Å². The Labute approximate surface area is 74.2 Å². The molecule has 2 heterocycles. The maximum Gasteiger partial charge on any atom is 0.0674 e. The fourth-order valence-corrected chi connectivity index (χ4v) is 1.91. The van der Waals surface area contributed by atoms with Crippen LogP contribution in [0.4, 0.5) is 0 Å². The summed E-state index contributed by atoms with van der Waals surface area (Å²) >= 11 is 0. The third kappa shape index (κ3) is 1.99. The standard InChI is InChI=1S/C10H16O2/c1-2-6-12-10(3-1)9-4-7-11-8-5-9/h9-10H,1-2,4-8H2. The van der Waals surface area contributed by atoms with Gasteiger partial charge in [-0.1, -0.05) is 0 Å². The zero-order valence-electron chi connectivity index (χ0n) is 7.42. The number of ether oxygens (including phenoxy) is 2. The van der Waals surface area contributed by atoms with Crippen LogP contribution in [0.15, 0.2) is 0 Å². The largest absolute Gasteiger partial charge is 0.381 e. The lowest BCUT2D eigenvalue weighted by Crippen LogP contribution is -2.32. The summed E-state index contributed by atoms with van der Waals surface area (Å²) in [7, 11) is 0. The van der Waals surface area contributed by atoms with Crippen LogP contribution in [0.2, 0.25) is 0 Å². The van der Waals surface area contributed by atoms with Gasteiger partial charge in [-0.05, 0) is 31.6 Å². The lowest BCUT2D eigenvalue weighted by molar-refractivity contribution is -0.0320. The fraction of sp³-hybridized carbons (Fsp3) is 0.900. The van der Waals surface area contributed by atoms with Crippen LogP contribution in [0, 0.1) is 12.3 Å². The highest BCUT2D eigenvalue weighted by molar-refractivity contribution is 4.87. The minimum Gasteiger partial charge on any atom is -0.381 e. The molecule has 2 aliphatic rings. The molecule has 0 spiro atoms. The maximum atomic E-state index is 5.65. The van der Waals surface area contributed by atoms with Gasteiger partial charge in [-0.3, -0.25) is 0 Å². The monoisotopic (exact) mass is 168 g/mol. The van der Waals surface area contributed by atoms with E-state index in [4.69, 9.17) is 9.47 Å². The molecule has 0 N–H and O–H groups in total. The van der Waals surface area contributed by atoms with Crippen molar-refractivity contribution in [3.63, 3.8) is 0 Å². The van der Waals surface area contributed by atoms with E-state index in [0.717, 1.165) is 45.5 Å². The third-order valence-electron chi connectivity index (χ3n) is 2.66. The van der Waals surface area contributed by atoms with Crippen LogP contribution in [0.5, 0.6) is 0 Å². The molecule has 0 aliphatic carbocycles. The topological polar surface area (TPSA) is 18.5 Å². The summed E-state index contributed by atoms with van der Waals surface area (Å²) in [4.78, 5) is 0. The van der Waals surface area contributed by atoms with Crippen molar-refractivity contribution in [1.82, 2.24) is 0 Å². The summed E-state index contributed by atoms with van der Waals surface area (Å²) in [6.45, 7) is 2.74. The smallest absolute Gasteiger partial charge is 0.0674 e. The minimum absolute atomic E-state index is 0.308. The molecule has 2 nitrogen and oxygen atoms in total. The highest BCUT2D eigenvalue weighted by atomic mass is 16.5. The molecule has 0 amide bonds.